The number of rotatable bonds is 3. The third-order valence-electron chi connectivity index (χ3n) is 2.82. The Morgan fingerprint density at radius 1 is 1.32 bits per heavy atom. The molecule has 5 heteroatoms. The molecule has 0 aliphatic heterocycles. The Labute approximate surface area is 110 Å². The molecular formula is C14H14FN3O. The molecule has 4 nitrogen and oxygen atoms in total. The van der Waals surface area contributed by atoms with Gasteiger partial charge in [0.25, 0.3) is 5.91 Å². The van der Waals surface area contributed by atoms with Crippen molar-refractivity contribution in [1.29, 1.82) is 0 Å². The lowest BCUT2D eigenvalue weighted by atomic mass is 10.1. The van der Waals surface area contributed by atoms with Crippen LogP contribution in [0.4, 0.5) is 10.1 Å². The van der Waals surface area contributed by atoms with Crippen LogP contribution >= 0.6 is 0 Å². The van der Waals surface area contributed by atoms with Crippen molar-refractivity contribution in [3.63, 3.8) is 0 Å². The van der Waals surface area contributed by atoms with E-state index in [9.17, 15) is 9.18 Å². The summed E-state index contributed by atoms with van der Waals surface area (Å²) in [7, 11) is 0. The summed E-state index contributed by atoms with van der Waals surface area (Å²) in [6.45, 7) is 1.85. The summed E-state index contributed by atoms with van der Waals surface area (Å²) >= 11 is 0. The Morgan fingerprint density at radius 3 is 2.63 bits per heavy atom. The molecule has 2 rings (SSSR count). The number of halogens is 1. The van der Waals surface area contributed by atoms with E-state index >= 15 is 0 Å². The fourth-order valence-corrected chi connectivity index (χ4v) is 1.68. The van der Waals surface area contributed by atoms with Crippen LogP contribution < -0.4 is 11.1 Å². The Morgan fingerprint density at radius 2 is 2.00 bits per heavy atom. The maximum atomic E-state index is 13.3. The van der Waals surface area contributed by atoms with Gasteiger partial charge in [-0.1, -0.05) is 0 Å². The van der Waals surface area contributed by atoms with Crippen molar-refractivity contribution in [3.8, 4) is 0 Å². The zero-order valence-corrected chi connectivity index (χ0v) is 10.4. The van der Waals surface area contributed by atoms with Crippen LogP contribution in [-0.2, 0) is 0 Å². The topological polar surface area (TPSA) is 68.0 Å². The lowest BCUT2D eigenvalue weighted by Crippen LogP contribution is -2.26. The van der Waals surface area contributed by atoms with Gasteiger partial charge < -0.3 is 11.1 Å². The molecule has 0 spiro atoms. The zero-order chi connectivity index (χ0) is 13.8. The Balaban J connectivity index is 2.11. The number of carbonyl (C=O) groups is 1. The molecule has 1 heterocycles. The van der Waals surface area contributed by atoms with Gasteiger partial charge in [-0.05, 0) is 42.8 Å². The van der Waals surface area contributed by atoms with E-state index in [1.54, 1.807) is 12.4 Å². The van der Waals surface area contributed by atoms with Crippen molar-refractivity contribution >= 4 is 11.6 Å². The van der Waals surface area contributed by atoms with Gasteiger partial charge in [0.05, 0.1) is 11.7 Å². The van der Waals surface area contributed by atoms with E-state index in [-0.39, 0.29) is 23.2 Å². The highest BCUT2D eigenvalue weighted by molar-refractivity contribution is 5.94. The van der Waals surface area contributed by atoms with E-state index in [0.717, 1.165) is 11.6 Å². The van der Waals surface area contributed by atoms with Crippen LogP contribution in [0.5, 0.6) is 0 Å². The molecular weight excluding hydrogens is 245 g/mol. The second kappa shape index (κ2) is 5.48. The van der Waals surface area contributed by atoms with Crippen molar-refractivity contribution in [3.05, 3.63) is 59.7 Å². The molecule has 1 atom stereocenters. The second-order valence-electron chi connectivity index (χ2n) is 4.21. The van der Waals surface area contributed by atoms with Gasteiger partial charge in [-0.15, -0.1) is 0 Å². The summed E-state index contributed by atoms with van der Waals surface area (Å²) in [4.78, 5) is 15.9. The molecule has 0 unspecified atom stereocenters. The Hall–Kier alpha value is -2.43. The average Bonchev–Trinajstić information content (AvgIpc) is 2.42. The number of carbonyl (C=O) groups excluding carboxylic acids is 1. The number of anilines is 1. The van der Waals surface area contributed by atoms with Crippen LogP contribution in [0.1, 0.15) is 28.9 Å². The standard InChI is InChI=1S/C14H14FN3O/c1-9(10-4-6-17-7-5-10)18-14(19)11-2-3-13(16)12(15)8-11/h2-9H,16H2,1H3,(H,18,19)/t9-/m1/s1. The van der Waals surface area contributed by atoms with Crippen molar-refractivity contribution in [2.45, 2.75) is 13.0 Å². The highest BCUT2D eigenvalue weighted by Gasteiger charge is 2.12. The van der Waals surface area contributed by atoms with Crippen molar-refractivity contribution in [2.24, 2.45) is 0 Å². The SMILES string of the molecule is C[C@@H](NC(=O)c1ccc(N)c(F)c1)c1ccncc1. The summed E-state index contributed by atoms with van der Waals surface area (Å²) in [5.74, 6) is -0.938. The van der Waals surface area contributed by atoms with Crippen LogP contribution in [0.2, 0.25) is 0 Å². The Bertz CT molecular complexity index is 586. The van der Waals surface area contributed by atoms with Crippen LogP contribution in [-0.4, -0.2) is 10.9 Å². The van der Waals surface area contributed by atoms with Gasteiger partial charge in [0.1, 0.15) is 5.82 Å². The lowest BCUT2D eigenvalue weighted by Gasteiger charge is -2.14. The summed E-state index contributed by atoms with van der Waals surface area (Å²) in [5, 5.41) is 2.78. The number of nitrogens with one attached hydrogen (secondary N) is 1. The molecule has 0 saturated carbocycles. The minimum Gasteiger partial charge on any atom is -0.396 e. The number of nitrogen functional groups attached to an aromatic ring is 1. The highest BCUT2D eigenvalue weighted by Crippen LogP contribution is 2.14. The Kier molecular flexibility index (Phi) is 3.75. The number of benzene rings is 1. The van der Waals surface area contributed by atoms with Crippen molar-refractivity contribution in [2.75, 3.05) is 5.73 Å². The van der Waals surface area contributed by atoms with E-state index in [2.05, 4.69) is 10.3 Å². The van der Waals surface area contributed by atoms with Crippen LogP contribution in [0.15, 0.2) is 42.7 Å². The number of pyridine rings is 1. The van der Waals surface area contributed by atoms with Gasteiger partial charge in [-0.2, -0.15) is 0 Å². The smallest absolute Gasteiger partial charge is 0.251 e. The van der Waals surface area contributed by atoms with Crippen LogP contribution in [0, 0.1) is 5.82 Å². The molecule has 3 N–H and O–H groups in total. The molecule has 1 aromatic carbocycles. The third-order valence-corrected chi connectivity index (χ3v) is 2.82. The largest absolute Gasteiger partial charge is 0.396 e. The molecule has 0 bridgehead atoms. The molecule has 0 radical (unpaired) electrons. The number of aromatic nitrogens is 1. The van der Waals surface area contributed by atoms with Gasteiger partial charge in [0, 0.05) is 18.0 Å². The van der Waals surface area contributed by atoms with Gasteiger partial charge in [0.15, 0.2) is 0 Å². The molecule has 1 amide bonds. The molecule has 98 valence electrons. The fraction of sp³-hybridized carbons (Fsp3) is 0.143. The summed E-state index contributed by atoms with van der Waals surface area (Å²) in [6.07, 6.45) is 3.31. The number of nitrogens with two attached hydrogens (primary N) is 1. The first kappa shape index (κ1) is 13.0. The van der Waals surface area contributed by atoms with Crippen molar-refractivity contribution < 1.29 is 9.18 Å². The van der Waals surface area contributed by atoms with Crippen LogP contribution in [0.25, 0.3) is 0 Å². The molecule has 0 aliphatic rings. The number of amides is 1. The number of hydrogen-bond donors (Lipinski definition) is 2. The van der Waals surface area contributed by atoms with E-state index < -0.39 is 5.82 Å². The monoisotopic (exact) mass is 259 g/mol. The lowest BCUT2D eigenvalue weighted by molar-refractivity contribution is 0.0939. The normalized spacial score (nSPS) is 11.9. The summed E-state index contributed by atoms with van der Waals surface area (Å²) in [6, 6.07) is 7.44. The van der Waals surface area contributed by atoms with E-state index in [0.29, 0.717) is 0 Å². The molecule has 1 aromatic heterocycles. The van der Waals surface area contributed by atoms with Crippen LogP contribution in [0.3, 0.4) is 0 Å². The quantitative estimate of drug-likeness (QED) is 0.831. The first-order chi connectivity index (χ1) is 9.08. The zero-order valence-electron chi connectivity index (χ0n) is 10.4. The van der Waals surface area contributed by atoms with Gasteiger partial charge in [-0.3, -0.25) is 9.78 Å². The predicted molar refractivity (Wildman–Crippen MR) is 70.9 cm³/mol. The minimum atomic E-state index is -0.593. The molecule has 0 saturated heterocycles. The van der Waals surface area contributed by atoms with Gasteiger partial charge in [0.2, 0.25) is 0 Å². The fourth-order valence-electron chi connectivity index (χ4n) is 1.68. The molecule has 19 heavy (non-hydrogen) atoms. The second-order valence-corrected chi connectivity index (χ2v) is 4.21. The van der Waals surface area contributed by atoms with Gasteiger partial charge in [-0.25, -0.2) is 4.39 Å². The first-order valence-electron chi connectivity index (χ1n) is 5.83. The summed E-state index contributed by atoms with van der Waals surface area (Å²) in [5.41, 5.74) is 6.57. The highest BCUT2D eigenvalue weighted by atomic mass is 19.1. The minimum absolute atomic E-state index is 0.0266. The third kappa shape index (κ3) is 3.07. The maximum Gasteiger partial charge on any atom is 0.251 e. The van der Waals surface area contributed by atoms with Crippen molar-refractivity contribution in [1.82, 2.24) is 10.3 Å². The molecule has 0 fully saturated rings. The maximum absolute atomic E-state index is 13.3. The van der Waals surface area contributed by atoms with E-state index in [4.69, 9.17) is 5.73 Å². The van der Waals surface area contributed by atoms with E-state index in [1.165, 1.54) is 12.1 Å². The number of hydrogen-bond acceptors (Lipinski definition) is 3. The molecule has 0 aliphatic carbocycles. The number of nitrogens with zero attached hydrogens (tertiary/aromatic N) is 1. The van der Waals surface area contributed by atoms with Gasteiger partial charge >= 0.3 is 0 Å². The first-order valence-corrected chi connectivity index (χ1v) is 5.83. The predicted octanol–water partition coefficient (Wildman–Crippen LogP) is 2.29. The molecule has 2 aromatic rings. The average molecular weight is 259 g/mol. The van der Waals surface area contributed by atoms with E-state index in [1.807, 2.05) is 19.1 Å². The summed E-state index contributed by atoms with van der Waals surface area (Å²) < 4.78 is 13.3.